The molecule has 2 atom stereocenters. The summed E-state index contributed by atoms with van der Waals surface area (Å²) in [5.41, 5.74) is 4.22. The number of piperazine rings is 1. The summed E-state index contributed by atoms with van der Waals surface area (Å²) in [7, 11) is 1.60. The van der Waals surface area contributed by atoms with Gasteiger partial charge in [0.2, 0.25) is 5.91 Å². The highest BCUT2D eigenvalue weighted by atomic mass is 16.5. The number of nitrogens with zero attached hydrogens (tertiary/aromatic N) is 2. The predicted molar refractivity (Wildman–Crippen MR) is 119 cm³/mol. The van der Waals surface area contributed by atoms with Crippen molar-refractivity contribution in [2.75, 3.05) is 33.4 Å². The summed E-state index contributed by atoms with van der Waals surface area (Å²) in [6, 6.07) is 16.6. The molecule has 2 aliphatic heterocycles. The van der Waals surface area contributed by atoms with Gasteiger partial charge in [-0.3, -0.25) is 9.59 Å². The van der Waals surface area contributed by atoms with Crippen molar-refractivity contribution >= 4 is 22.7 Å². The van der Waals surface area contributed by atoms with E-state index in [0.29, 0.717) is 19.7 Å². The molecular formula is C25H27N3O3. The van der Waals surface area contributed by atoms with Crippen molar-refractivity contribution in [2.45, 2.75) is 25.3 Å². The molecule has 2 amide bonds. The van der Waals surface area contributed by atoms with Gasteiger partial charge in [0.25, 0.3) is 5.91 Å². The lowest BCUT2D eigenvalue weighted by atomic mass is 9.76. The summed E-state index contributed by atoms with van der Waals surface area (Å²) in [4.78, 5) is 33.9. The molecule has 2 unspecified atom stereocenters. The summed E-state index contributed by atoms with van der Waals surface area (Å²) >= 11 is 0. The van der Waals surface area contributed by atoms with Crippen LogP contribution in [0.1, 0.15) is 35.2 Å². The summed E-state index contributed by atoms with van der Waals surface area (Å²) < 4.78 is 5.17. The minimum Gasteiger partial charge on any atom is -0.383 e. The maximum Gasteiger partial charge on any atom is 0.255 e. The molecule has 0 bridgehead atoms. The number of hydrogen-bond acceptors (Lipinski definition) is 3. The Kier molecular flexibility index (Phi) is 4.63. The quantitative estimate of drug-likeness (QED) is 0.709. The Labute approximate surface area is 181 Å². The Morgan fingerprint density at radius 2 is 1.87 bits per heavy atom. The minimum absolute atomic E-state index is 0.00194. The lowest BCUT2D eigenvalue weighted by Gasteiger charge is -2.51. The van der Waals surface area contributed by atoms with E-state index in [1.807, 2.05) is 25.1 Å². The van der Waals surface area contributed by atoms with Gasteiger partial charge in [0.05, 0.1) is 18.8 Å². The SMILES string of the molecule is COCCN1CC(=O)N2CC(c3ccc(C)cc3)c3c([nH]c4ccccc34)C2(C)C1=O. The number of methoxy groups -OCH3 is 1. The van der Waals surface area contributed by atoms with Gasteiger partial charge in [-0.15, -0.1) is 0 Å². The van der Waals surface area contributed by atoms with Crippen LogP contribution in [-0.4, -0.2) is 59.9 Å². The second kappa shape index (κ2) is 7.24. The molecule has 0 radical (unpaired) electrons. The molecule has 2 aliphatic rings. The average molecular weight is 418 g/mol. The van der Waals surface area contributed by atoms with E-state index in [1.54, 1.807) is 16.9 Å². The molecule has 0 spiro atoms. The van der Waals surface area contributed by atoms with Gasteiger partial charge >= 0.3 is 0 Å². The zero-order chi connectivity index (χ0) is 21.8. The number of benzene rings is 2. The third-order valence-electron chi connectivity index (χ3n) is 6.86. The fraction of sp³-hybridized carbons (Fsp3) is 0.360. The molecule has 6 heteroatoms. The summed E-state index contributed by atoms with van der Waals surface area (Å²) in [6.07, 6.45) is 0. The van der Waals surface area contributed by atoms with Crippen LogP contribution in [0.5, 0.6) is 0 Å². The molecule has 160 valence electrons. The van der Waals surface area contributed by atoms with Crippen LogP contribution in [0.15, 0.2) is 48.5 Å². The molecule has 3 aromatic rings. The normalized spacial score (nSPS) is 23.3. The van der Waals surface area contributed by atoms with Gasteiger partial charge in [-0.05, 0) is 31.0 Å². The Morgan fingerprint density at radius 1 is 1.13 bits per heavy atom. The Hall–Kier alpha value is -3.12. The number of aromatic nitrogens is 1. The van der Waals surface area contributed by atoms with Crippen LogP contribution in [0, 0.1) is 6.92 Å². The van der Waals surface area contributed by atoms with Crippen molar-refractivity contribution in [3.8, 4) is 0 Å². The first-order chi connectivity index (χ1) is 14.9. The highest BCUT2D eigenvalue weighted by molar-refractivity contribution is 6.01. The molecule has 2 aromatic carbocycles. The lowest BCUT2D eigenvalue weighted by Crippen LogP contribution is -2.67. The number of nitrogens with one attached hydrogen (secondary N) is 1. The van der Waals surface area contributed by atoms with Gasteiger partial charge in [0.1, 0.15) is 0 Å². The number of fused-ring (bicyclic) bond motifs is 5. The molecule has 0 saturated carbocycles. The molecule has 1 aromatic heterocycles. The number of amides is 2. The van der Waals surface area contributed by atoms with Gasteiger partial charge < -0.3 is 19.5 Å². The number of carbonyl (C=O) groups is 2. The standard InChI is InChI=1S/C25H27N3O3/c1-16-8-10-17(11-9-16)19-14-28-21(29)15-27(12-13-31-3)24(30)25(28,2)23-22(19)18-6-4-5-7-20(18)26-23/h4-11,19,26H,12-15H2,1-3H3. The molecule has 31 heavy (non-hydrogen) atoms. The van der Waals surface area contributed by atoms with Gasteiger partial charge in [-0.1, -0.05) is 48.0 Å². The first-order valence-electron chi connectivity index (χ1n) is 10.7. The molecule has 6 nitrogen and oxygen atoms in total. The smallest absolute Gasteiger partial charge is 0.255 e. The number of carbonyl (C=O) groups excluding carboxylic acids is 2. The van der Waals surface area contributed by atoms with Gasteiger partial charge in [-0.2, -0.15) is 0 Å². The minimum atomic E-state index is -1.06. The predicted octanol–water partition coefficient (Wildman–Crippen LogP) is 3.15. The number of para-hydroxylation sites is 1. The van der Waals surface area contributed by atoms with Crippen molar-refractivity contribution in [2.24, 2.45) is 0 Å². The van der Waals surface area contributed by atoms with Gasteiger partial charge in [0.15, 0.2) is 5.54 Å². The van der Waals surface area contributed by atoms with E-state index >= 15 is 0 Å². The lowest BCUT2D eigenvalue weighted by molar-refractivity contribution is -0.166. The Balaban J connectivity index is 1.72. The third-order valence-corrected chi connectivity index (χ3v) is 6.86. The zero-order valence-electron chi connectivity index (χ0n) is 18.1. The number of H-pyrrole nitrogens is 1. The van der Waals surface area contributed by atoms with Crippen molar-refractivity contribution in [1.82, 2.24) is 14.8 Å². The molecular weight excluding hydrogens is 390 g/mol. The van der Waals surface area contributed by atoms with Crippen molar-refractivity contribution in [3.63, 3.8) is 0 Å². The first-order valence-corrected chi connectivity index (χ1v) is 10.7. The van der Waals surface area contributed by atoms with E-state index in [-0.39, 0.29) is 24.3 Å². The topological polar surface area (TPSA) is 65.6 Å². The number of aromatic amines is 1. The van der Waals surface area contributed by atoms with Gasteiger partial charge in [0, 0.05) is 37.0 Å². The summed E-state index contributed by atoms with van der Waals surface area (Å²) in [5.74, 6) is -0.0824. The molecule has 1 N–H and O–H groups in total. The largest absolute Gasteiger partial charge is 0.383 e. The van der Waals surface area contributed by atoms with E-state index < -0.39 is 5.54 Å². The molecule has 0 aliphatic carbocycles. The van der Waals surface area contributed by atoms with Crippen LogP contribution in [-0.2, 0) is 19.9 Å². The number of rotatable bonds is 4. The average Bonchev–Trinajstić information content (AvgIpc) is 3.17. The first kappa shape index (κ1) is 19.8. The van der Waals surface area contributed by atoms with E-state index in [1.165, 1.54) is 5.56 Å². The fourth-order valence-corrected chi connectivity index (χ4v) is 5.16. The van der Waals surface area contributed by atoms with E-state index in [0.717, 1.165) is 27.7 Å². The number of ether oxygens (including phenoxy) is 1. The van der Waals surface area contributed by atoms with Crippen molar-refractivity contribution in [3.05, 3.63) is 70.9 Å². The fourth-order valence-electron chi connectivity index (χ4n) is 5.16. The van der Waals surface area contributed by atoms with Crippen LogP contribution < -0.4 is 0 Å². The zero-order valence-corrected chi connectivity index (χ0v) is 18.1. The summed E-state index contributed by atoms with van der Waals surface area (Å²) in [6.45, 7) is 5.33. The Bertz CT molecular complexity index is 1170. The Morgan fingerprint density at radius 3 is 2.61 bits per heavy atom. The van der Waals surface area contributed by atoms with Crippen molar-refractivity contribution < 1.29 is 14.3 Å². The van der Waals surface area contributed by atoms with Crippen LogP contribution in [0.25, 0.3) is 10.9 Å². The highest BCUT2D eigenvalue weighted by Crippen LogP contribution is 2.48. The van der Waals surface area contributed by atoms with E-state index in [4.69, 9.17) is 4.74 Å². The maximum atomic E-state index is 13.7. The van der Waals surface area contributed by atoms with Crippen LogP contribution in [0.3, 0.4) is 0 Å². The number of aryl methyl sites for hydroxylation is 1. The summed E-state index contributed by atoms with van der Waals surface area (Å²) in [5, 5.41) is 1.11. The van der Waals surface area contributed by atoms with Crippen LogP contribution in [0.2, 0.25) is 0 Å². The van der Waals surface area contributed by atoms with E-state index in [2.05, 4.69) is 42.2 Å². The molecule has 5 rings (SSSR count). The van der Waals surface area contributed by atoms with E-state index in [9.17, 15) is 9.59 Å². The number of hydrogen-bond donors (Lipinski definition) is 1. The second-order valence-corrected chi connectivity index (χ2v) is 8.72. The molecule has 3 heterocycles. The van der Waals surface area contributed by atoms with Crippen LogP contribution >= 0.6 is 0 Å². The molecule has 1 fully saturated rings. The van der Waals surface area contributed by atoms with Crippen molar-refractivity contribution in [1.29, 1.82) is 0 Å². The van der Waals surface area contributed by atoms with Crippen LogP contribution in [0.4, 0.5) is 0 Å². The maximum absolute atomic E-state index is 13.7. The third kappa shape index (κ3) is 2.89. The van der Waals surface area contributed by atoms with Gasteiger partial charge in [-0.25, -0.2) is 0 Å². The highest BCUT2D eigenvalue weighted by Gasteiger charge is 2.56. The monoisotopic (exact) mass is 417 g/mol. The second-order valence-electron chi connectivity index (χ2n) is 8.72. The molecule has 1 saturated heterocycles.